The minimum absolute atomic E-state index is 0.784. The van der Waals surface area contributed by atoms with Crippen molar-refractivity contribution >= 4 is 11.6 Å². The zero-order valence-electron chi connectivity index (χ0n) is 11.5. The Balaban J connectivity index is 2.26. The van der Waals surface area contributed by atoms with E-state index in [1.807, 2.05) is 18.2 Å². The minimum atomic E-state index is 0.784. The molecule has 0 amide bonds. The maximum Gasteiger partial charge on any atom is 0.0412 e. The van der Waals surface area contributed by atoms with E-state index in [0.717, 1.165) is 24.5 Å². The van der Waals surface area contributed by atoms with E-state index in [0.29, 0.717) is 0 Å². The highest BCUT2D eigenvalue weighted by atomic mass is 35.5. The molecule has 0 radical (unpaired) electrons. The molecular weight excluding hydrogens is 254 g/mol. The molecule has 1 nitrogen and oxygen atoms in total. The minimum Gasteiger partial charge on any atom is -0.313 e. The van der Waals surface area contributed by atoms with Crippen molar-refractivity contribution in [2.75, 3.05) is 6.54 Å². The van der Waals surface area contributed by atoms with Crippen LogP contribution in [0.4, 0.5) is 0 Å². The topological polar surface area (TPSA) is 12.0 Å². The summed E-state index contributed by atoms with van der Waals surface area (Å²) in [4.78, 5) is 0. The lowest BCUT2D eigenvalue weighted by Crippen LogP contribution is -2.13. The summed E-state index contributed by atoms with van der Waals surface area (Å²) in [5.74, 6) is 0. The van der Waals surface area contributed by atoms with Crippen LogP contribution in [0.1, 0.15) is 24.5 Å². The van der Waals surface area contributed by atoms with Crippen molar-refractivity contribution in [3.8, 4) is 11.1 Å². The zero-order valence-corrected chi connectivity index (χ0v) is 12.3. The first-order valence-corrected chi connectivity index (χ1v) is 7.14. The molecule has 2 rings (SSSR count). The lowest BCUT2D eigenvalue weighted by molar-refractivity contribution is 0.675. The summed E-state index contributed by atoms with van der Waals surface area (Å²) in [6.07, 6.45) is 1.16. The molecule has 0 unspecified atom stereocenters. The third-order valence-electron chi connectivity index (χ3n) is 3.19. The van der Waals surface area contributed by atoms with Crippen LogP contribution in [0.5, 0.6) is 0 Å². The summed E-state index contributed by atoms with van der Waals surface area (Å²) in [6, 6.07) is 14.7. The Morgan fingerprint density at radius 3 is 2.68 bits per heavy atom. The molecule has 0 aliphatic rings. The molecule has 19 heavy (non-hydrogen) atoms. The molecule has 100 valence electrons. The van der Waals surface area contributed by atoms with Gasteiger partial charge in [0.25, 0.3) is 0 Å². The van der Waals surface area contributed by atoms with Gasteiger partial charge >= 0.3 is 0 Å². The van der Waals surface area contributed by atoms with Gasteiger partial charge in [0.15, 0.2) is 0 Å². The van der Waals surface area contributed by atoms with Crippen LogP contribution in [0.25, 0.3) is 11.1 Å². The van der Waals surface area contributed by atoms with Gasteiger partial charge in [0, 0.05) is 11.6 Å². The van der Waals surface area contributed by atoms with Gasteiger partial charge in [-0.3, -0.25) is 0 Å². The van der Waals surface area contributed by atoms with Gasteiger partial charge < -0.3 is 5.32 Å². The SMILES string of the molecule is CCCNCc1ccc(C)c(-c2cccc(Cl)c2)c1. The van der Waals surface area contributed by atoms with E-state index in [-0.39, 0.29) is 0 Å². The highest BCUT2D eigenvalue weighted by Gasteiger charge is 2.04. The molecule has 0 aromatic heterocycles. The molecule has 0 aliphatic heterocycles. The fourth-order valence-electron chi connectivity index (χ4n) is 2.16. The summed E-state index contributed by atoms with van der Waals surface area (Å²) in [5, 5.41) is 4.22. The fraction of sp³-hybridized carbons (Fsp3) is 0.294. The van der Waals surface area contributed by atoms with E-state index < -0.39 is 0 Å². The average molecular weight is 274 g/mol. The third kappa shape index (κ3) is 3.82. The van der Waals surface area contributed by atoms with Gasteiger partial charge in [-0.05, 0) is 60.3 Å². The van der Waals surface area contributed by atoms with Crippen molar-refractivity contribution in [3.05, 3.63) is 58.6 Å². The molecule has 0 saturated heterocycles. The van der Waals surface area contributed by atoms with Gasteiger partial charge in [-0.1, -0.05) is 42.8 Å². The Morgan fingerprint density at radius 2 is 1.95 bits per heavy atom. The van der Waals surface area contributed by atoms with E-state index in [4.69, 9.17) is 11.6 Å². The molecule has 0 saturated carbocycles. The number of benzene rings is 2. The van der Waals surface area contributed by atoms with E-state index >= 15 is 0 Å². The van der Waals surface area contributed by atoms with Crippen molar-refractivity contribution in [3.63, 3.8) is 0 Å². The summed E-state index contributed by atoms with van der Waals surface area (Å²) in [7, 11) is 0. The van der Waals surface area contributed by atoms with Gasteiger partial charge in [0.2, 0.25) is 0 Å². The summed E-state index contributed by atoms with van der Waals surface area (Å²) < 4.78 is 0. The molecule has 0 spiro atoms. The number of hydrogen-bond acceptors (Lipinski definition) is 1. The molecule has 2 aromatic carbocycles. The number of hydrogen-bond donors (Lipinski definition) is 1. The van der Waals surface area contributed by atoms with E-state index in [2.05, 4.69) is 43.4 Å². The summed E-state index contributed by atoms with van der Waals surface area (Å²) in [6.45, 7) is 6.29. The van der Waals surface area contributed by atoms with Crippen molar-refractivity contribution in [1.29, 1.82) is 0 Å². The summed E-state index contributed by atoms with van der Waals surface area (Å²) >= 11 is 6.08. The van der Waals surface area contributed by atoms with Crippen LogP contribution in [0.2, 0.25) is 5.02 Å². The first-order valence-electron chi connectivity index (χ1n) is 6.77. The predicted octanol–water partition coefficient (Wildman–Crippen LogP) is 4.82. The Hall–Kier alpha value is -1.31. The van der Waals surface area contributed by atoms with Crippen LogP contribution < -0.4 is 5.32 Å². The smallest absolute Gasteiger partial charge is 0.0412 e. The molecular formula is C17H20ClN. The standard InChI is InChI=1S/C17H20ClN/c1-3-9-19-12-14-8-7-13(2)17(10-14)15-5-4-6-16(18)11-15/h4-8,10-11,19H,3,9,12H2,1-2H3. The molecule has 0 bridgehead atoms. The van der Waals surface area contributed by atoms with Gasteiger partial charge in [-0.25, -0.2) is 0 Å². The largest absolute Gasteiger partial charge is 0.313 e. The van der Waals surface area contributed by atoms with E-state index in [1.54, 1.807) is 0 Å². The molecule has 0 aliphatic carbocycles. The Labute approximate surface area is 120 Å². The van der Waals surface area contributed by atoms with Crippen molar-refractivity contribution in [1.82, 2.24) is 5.32 Å². The van der Waals surface area contributed by atoms with Crippen molar-refractivity contribution < 1.29 is 0 Å². The van der Waals surface area contributed by atoms with Crippen LogP contribution in [0, 0.1) is 6.92 Å². The Bertz CT molecular complexity index is 549. The first-order chi connectivity index (χ1) is 9.20. The van der Waals surface area contributed by atoms with Gasteiger partial charge in [0.05, 0.1) is 0 Å². The average Bonchev–Trinajstić information content (AvgIpc) is 2.41. The van der Waals surface area contributed by atoms with Gasteiger partial charge in [-0.2, -0.15) is 0 Å². The first kappa shape index (κ1) is 14.1. The Morgan fingerprint density at radius 1 is 1.11 bits per heavy atom. The monoisotopic (exact) mass is 273 g/mol. The lowest BCUT2D eigenvalue weighted by atomic mass is 9.98. The number of halogens is 1. The fourth-order valence-corrected chi connectivity index (χ4v) is 2.35. The molecule has 0 heterocycles. The lowest BCUT2D eigenvalue weighted by Gasteiger charge is -2.10. The van der Waals surface area contributed by atoms with Crippen LogP contribution in [0.15, 0.2) is 42.5 Å². The van der Waals surface area contributed by atoms with Gasteiger partial charge in [0.1, 0.15) is 0 Å². The van der Waals surface area contributed by atoms with Crippen LogP contribution in [-0.4, -0.2) is 6.54 Å². The molecule has 0 fully saturated rings. The number of rotatable bonds is 5. The zero-order chi connectivity index (χ0) is 13.7. The van der Waals surface area contributed by atoms with E-state index in [9.17, 15) is 0 Å². The van der Waals surface area contributed by atoms with Crippen LogP contribution >= 0.6 is 11.6 Å². The highest BCUT2D eigenvalue weighted by Crippen LogP contribution is 2.26. The van der Waals surface area contributed by atoms with Crippen LogP contribution in [0.3, 0.4) is 0 Å². The number of aryl methyl sites for hydroxylation is 1. The Kier molecular flexibility index (Phi) is 5.00. The van der Waals surface area contributed by atoms with Gasteiger partial charge in [-0.15, -0.1) is 0 Å². The van der Waals surface area contributed by atoms with Crippen molar-refractivity contribution in [2.45, 2.75) is 26.8 Å². The normalized spacial score (nSPS) is 10.7. The predicted molar refractivity (Wildman–Crippen MR) is 83.6 cm³/mol. The molecule has 2 aromatic rings. The van der Waals surface area contributed by atoms with E-state index in [1.165, 1.54) is 22.3 Å². The quantitative estimate of drug-likeness (QED) is 0.771. The second kappa shape index (κ2) is 6.74. The van der Waals surface area contributed by atoms with Crippen LogP contribution in [-0.2, 0) is 6.54 Å². The molecule has 2 heteroatoms. The second-order valence-electron chi connectivity index (χ2n) is 4.84. The number of nitrogens with one attached hydrogen (secondary N) is 1. The molecule has 1 N–H and O–H groups in total. The maximum absolute atomic E-state index is 6.08. The van der Waals surface area contributed by atoms with Crippen molar-refractivity contribution in [2.24, 2.45) is 0 Å². The third-order valence-corrected chi connectivity index (χ3v) is 3.43. The maximum atomic E-state index is 6.08. The molecule has 0 atom stereocenters. The second-order valence-corrected chi connectivity index (χ2v) is 5.27. The highest BCUT2D eigenvalue weighted by molar-refractivity contribution is 6.30. The summed E-state index contributed by atoms with van der Waals surface area (Å²) in [5.41, 5.74) is 5.04.